The molecule has 0 unspecified atom stereocenters. The molecule has 1 aliphatic heterocycles. The number of benzene rings is 1. The Kier molecular flexibility index (Phi) is 4.55. The van der Waals surface area contributed by atoms with Gasteiger partial charge >= 0.3 is 0 Å². The number of aryl methyl sites for hydroxylation is 2. The number of nitrogens with zero attached hydrogens (tertiary/aromatic N) is 4. The van der Waals surface area contributed by atoms with E-state index in [0.717, 1.165) is 37.2 Å². The van der Waals surface area contributed by atoms with Gasteiger partial charge in [-0.25, -0.2) is 4.98 Å². The van der Waals surface area contributed by atoms with Crippen LogP contribution in [0.5, 0.6) is 0 Å². The Morgan fingerprint density at radius 3 is 2.44 bits per heavy atom. The van der Waals surface area contributed by atoms with Crippen LogP contribution in [0.2, 0.25) is 0 Å². The molecule has 0 aliphatic carbocycles. The average Bonchev–Trinajstić information content (AvgIpc) is 2.63. The standard InChI is InChI=1S/C20H23N5OS/c1-12-4-6-15(7-5-12)25-14(3)21-17-16(19(25)27)18(26)23-20(22-17)24-10-8-13(2)9-11-24/h4-7,13H,8-11H2,1-3H3,(H,22,23,26). The van der Waals surface area contributed by atoms with E-state index in [4.69, 9.17) is 12.2 Å². The van der Waals surface area contributed by atoms with Gasteiger partial charge in [0.25, 0.3) is 5.56 Å². The molecule has 0 bridgehead atoms. The van der Waals surface area contributed by atoms with Crippen molar-refractivity contribution in [1.29, 1.82) is 0 Å². The monoisotopic (exact) mass is 381 g/mol. The van der Waals surface area contributed by atoms with Crippen LogP contribution in [0, 0.1) is 24.4 Å². The number of rotatable bonds is 2. The fourth-order valence-corrected chi connectivity index (χ4v) is 3.98. The Bertz CT molecular complexity index is 1110. The third-order valence-corrected chi connectivity index (χ3v) is 5.66. The number of H-pyrrole nitrogens is 1. The van der Waals surface area contributed by atoms with Crippen LogP contribution in [0.1, 0.15) is 31.2 Å². The third kappa shape index (κ3) is 3.27. The van der Waals surface area contributed by atoms with E-state index < -0.39 is 0 Å². The second-order valence-electron chi connectivity index (χ2n) is 7.39. The summed E-state index contributed by atoms with van der Waals surface area (Å²) in [7, 11) is 0. The minimum Gasteiger partial charge on any atom is -0.342 e. The fraction of sp³-hybridized carbons (Fsp3) is 0.400. The zero-order valence-electron chi connectivity index (χ0n) is 15.8. The first kappa shape index (κ1) is 17.9. The van der Waals surface area contributed by atoms with E-state index in [-0.39, 0.29) is 5.56 Å². The summed E-state index contributed by atoms with van der Waals surface area (Å²) in [6.45, 7) is 7.97. The van der Waals surface area contributed by atoms with Crippen molar-refractivity contribution < 1.29 is 0 Å². The van der Waals surface area contributed by atoms with Gasteiger partial charge in [-0.1, -0.05) is 36.8 Å². The molecule has 27 heavy (non-hydrogen) atoms. The quantitative estimate of drug-likeness (QED) is 0.686. The molecule has 0 atom stereocenters. The van der Waals surface area contributed by atoms with Crippen molar-refractivity contribution in [2.24, 2.45) is 5.92 Å². The molecule has 0 amide bonds. The largest absolute Gasteiger partial charge is 0.342 e. The summed E-state index contributed by atoms with van der Waals surface area (Å²) in [4.78, 5) is 27.1. The van der Waals surface area contributed by atoms with Gasteiger partial charge in [-0.15, -0.1) is 0 Å². The third-order valence-electron chi connectivity index (χ3n) is 5.27. The molecule has 140 valence electrons. The highest BCUT2D eigenvalue weighted by Crippen LogP contribution is 2.21. The van der Waals surface area contributed by atoms with Gasteiger partial charge in [0.05, 0.1) is 0 Å². The van der Waals surface area contributed by atoms with Gasteiger partial charge in [0.1, 0.15) is 15.9 Å². The van der Waals surface area contributed by atoms with Gasteiger partial charge in [-0.05, 0) is 44.7 Å². The lowest BCUT2D eigenvalue weighted by Crippen LogP contribution is -2.35. The summed E-state index contributed by atoms with van der Waals surface area (Å²) in [5, 5.41) is 0.366. The maximum Gasteiger partial charge on any atom is 0.264 e. The number of hydrogen-bond donors (Lipinski definition) is 1. The molecule has 7 heteroatoms. The molecule has 4 rings (SSSR count). The zero-order chi connectivity index (χ0) is 19.1. The lowest BCUT2D eigenvalue weighted by atomic mass is 10.00. The van der Waals surface area contributed by atoms with Crippen molar-refractivity contribution in [3.05, 3.63) is 50.6 Å². The molecule has 1 N–H and O–H groups in total. The summed E-state index contributed by atoms with van der Waals surface area (Å²) in [5.41, 5.74) is 2.24. The highest BCUT2D eigenvalue weighted by atomic mass is 32.1. The van der Waals surface area contributed by atoms with Crippen molar-refractivity contribution in [1.82, 2.24) is 19.5 Å². The molecule has 2 aromatic heterocycles. The van der Waals surface area contributed by atoms with Gasteiger partial charge in [0.2, 0.25) is 5.95 Å². The Morgan fingerprint density at radius 2 is 1.78 bits per heavy atom. The van der Waals surface area contributed by atoms with E-state index in [2.05, 4.69) is 26.8 Å². The molecule has 1 saturated heterocycles. The molecular formula is C20H23N5OS. The molecule has 0 spiro atoms. The number of anilines is 1. The van der Waals surface area contributed by atoms with E-state index in [9.17, 15) is 4.79 Å². The lowest BCUT2D eigenvalue weighted by Gasteiger charge is -2.30. The Morgan fingerprint density at radius 1 is 1.11 bits per heavy atom. The van der Waals surface area contributed by atoms with Crippen LogP contribution in [0.4, 0.5) is 5.95 Å². The van der Waals surface area contributed by atoms with E-state index in [1.54, 1.807) is 0 Å². The van der Waals surface area contributed by atoms with Gasteiger partial charge in [0, 0.05) is 18.8 Å². The van der Waals surface area contributed by atoms with Crippen LogP contribution < -0.4 is 10.5 Å². The first-order valence-electron chi connectivity index (χ1n) is 9.29. The van der Waals surface area contributed by atoms with E-state index in [1.807, 2.05) is 42.7 Å². The summed E-state index contributed by atoms with van der Waals surface area (Å²) < 4.78 is 2.27. The summed E-state index contributed by atoms with van der Waals surface area (Å²) >= 11 is 5.65. The van der Waals surface area contributed by atoms with Crippen LogP contribution in [0.25, 0.3) is 16.7 Å². The predicted molar refractivity (Wildman–Crippen MR) is 110 cm³/mol. The molecule has 3 aromatic rings. The second-order valence-corrected chi connectivity index (χ2v) is 7.78. The first-order valence-corrected chi connectivity index (χ1v) is 9.70. The Hall–Kier alpha value is -2.54. The number of aromatic amines is 1. The SMILES string of the molecule is Cc1ccc(-n2c(C)nc3nc(N4CCC(C)CC4)[nH]c(=O)c3c2=S)cc1. The number of fused-ring (bicyclic) bond motifs is 1. The topological polar surface area (TPSA) is 66.8 Å². The smallest absolute Gasteiger partial charge is 0.264 e. The second kappa shape index (κ2) is 6.88. The summed E-state index contributed by atoms with van der Waals surface area (Å²) in [5.74, 6) is 2.02. The Labute approximate surface area is 162 Å². The number of aromatic nitrogens is 4. The van der Waals surface area contributed by atoms with Crippen molar-refractivity contribution in [2.45, 2.75) is 33.6 Å². The van der Waals surface area contributed by atoms with Crippen LogP contribution in [-0.2, 0) is 0 Å². The van der Waals surface area contributed by atoms with Gasteiger partial charge in [-0.2, -0.15) is 4.98 Å². The lowest BCUT2D eigenvalue weighted by molar-refractivity contribution is 0.434. The maximum atomic E-state index is 12.8. The molecule has 0 saturated carbocycles. The van der Waals surface area contributed by atoms with Crippen LogP contribution in [0.3, 0.4) is 0 Å². The fourth-order valence-electron chi connectivity index (χ4n) is 3.55. The minimum absolute atomic E-state index is 0.230. The van der Waals surface area contributed by atoms with Gasteiger partial charge < -0.3 is 4.90 Å². The van der Waals surface area contributed by atoms with Gasteiger partial charge in [0.15, 0.2) is 5.65 Å². The van der Waals surface area contributed by atoms with E-state index in [0.29, 0.717) is 33.4 Å². The molecule has 1 aliphatic rings. The molecule has 3 heterocycles. The van der Waals surface area contributed by atoms with Crippen LogP contribution in [-0.4, -0.2) is 32.6 Å². The Balaban J connectivity index is 1.86. The highest BCUT2D eigenvalue weighted by molar-refractivity contribution is 7.71. The normalized spacial score (nSPS) is 15.4. The molecule has 6 nitrogen and oxygen atoms in total. The minimum atomic E-state index is -0.230. The van der Waals surface area contributed by atoms with Gasteiger partial charge in [-0.3, -0.25) is 14.3 Å². The van der Waals surface area contributed by atoms with Crippen molar-refractivity contribution in [2.75, 3.05) is 18.0 Å². The number of hydrogen-bond acceptors (Lipinski definition) is 5. The molecular weight excluding hydrogens is 358 g/mol. The van der Waals surface area contributed by atoms with Crippen molar-refractivity contribution >= 4 is 29.2 Å². The van der Waals surface area contributed by atoms with Crippen molar-refractivity contribution in [3.63, 3.8) is 0 Å². The number of nitrogens with one attached hydrogen (secondary N) is 1. The first-order chi connectivity index (χ1) is 12.9. The molecule has 1 aromatic carbocycles. The highest BCUT2D eigenvalue weighted by Gasteiger charge is 2.20. The molecule has 1 fully saturated rings. The van der Waals surface area contributed by atoms with Crippen LogP contribution >= 0.6 is 12.2 Å². The number of piperidine rings is 1. The average molecular weight is 382 g/mol. The van der Waals surface area contributed by atoms with Crippen molar-refractivity contribution in [3.8, 4) is 5.69 Å². The summed E-state index contributed by atoms with van der Waals surface area (Å²) in [6, 6.07) is 8.00. The molecule has 0 radical (unpaired) electrons. The summed E-state index contributed by atoms with van der Waals surface area (Å²) in [6.07, 6.45) is 2.20. The predicted octanol–water partition coefficient (Wildman–Crippen LogP) is 3.69. The van der Waals surface area contributed by atoms with E-state index >= 15 is 0 Å². The van der Waals surface area contributed by atoms with Crippen LogP contribution in [0.15, 0.2) is 29.1 Å². The maximum absolute atomic E-state index is 12.8. The zero-order valence-corrected chi connectivity index (χ0v) is 16.6. The van der Waals surface area contributed by atoms with E-state index in [1.165, 1.54) is 0 Å².